The Hall–Kier alpha value is -3.53. The Balaban J connectivity index is 1.39. The second-order valence-electron chi connectivity index (χ2n) is 7.58. The van der Waals surface area contributed by atoms with Crippen molar-refractivity contribution in [3.8, 4) is 11.5 Å². The van der Waals surface area contributed by atoms with Crippen LogP contribution in [0.25, 0.3) is 11.5 Å². The first-order chi connectivity index (χ1) is 14.8. The van der Waals surface area contributed by atoms with Gasteiger partial charge in [-0.15, -0.1) is 10.2 Å². The van der Waals surface area contributed by atoms with Gasteiger partial charge in [-0.2, -0.15) is 0 Å². The van der Waals surface area contributed by atoms with Crippen LogP contribution in [0.2, 0.25) is 0 Å². The van der Waals surface area contributed by atoms with Gasteiger partial charge in [-0.05, 0) is 39.0 Å². The van der Waals surface area contributed by atoms with Gasteiger partial charge in [0.1, 0.15) is 11.5 Å². The molecule has 1 fully saturated rings. The Morgan fingerprint density at radius 2 is 1.77 bits per heavy atom. The third-order valence-electron chi connectivity index (χ3n) is 5.54. The summed E-state index contributed by atoms with van der Waals surface area (Å²) in [5.41, 5.74) is 1.24. The molecule has 3 aromatic rings. The average Bonchev–Trinajstić information content (AvgIpc) is 3.39. The minimum Gasteiger partial charge on any atom is -0.466 e. The van der Waals surface area contributed by atoms with E-state index < -0.39 is 4.92 Å². The molecule has 2 aromatic heterocycles. The zero-order valence-corrected chi connectivity index (χ0v) is 17.6. The summed E-state index contributed by atoms with van der Waals surface area (Å²) in [5.74, 6) is 2.14. The predicted octanol–water partition coefficient (Wildman–Crippen LogP) is 3.37. The zero-order chi connectivity index (χ0) is 22.1. The van der Waals surface area contributed by atoms with Crippen LogP contribution >= 0.6 is 0 Å². The fourth-order valence-electron chi connectivity index (χ4n) is 3.73. The van der Waals surface area contributed by atoms with Crippen LogP contribution in [0, 0.1) is 24.0 Å². The first kappa shape index (κ1) is 20.7. The number of nitrogens with zero attached hydrogens (tertiary/aromatic N) is 5. The van der Waals surface area contributed by atoms with E-state index in [1.54, 1.807) is 25.1 Å². The van der Waals surface area contributed by atoms with Gasteiger partial charge in [-0.3, -0.25) is 19.8 Å². The predicted molar refractivity (Wildman–Crippen MR) is 110 cm³/mol. The molecule has 4 rings (SSSR count). The minimum absolute atomic E-state index is 0.00468. The Labute approximate surface area is 178 Å². The number of aromatic nitrogens is 2. The molecular formula is C21H23N5O5. The topological polar surface area (TPSA) is 119 Å². The second-order valence-corrected chi connectivity index (χ2v) is 7.58. The van der Waals surface area contributed by atoms with E-state index in [2.05, 4.69) is 15.1 Å². The monoisotopic (exact) mass is 425 g/mol. The molecule has 10 heteroatoms. The van der Waals surface area contributed by atoms with E-state index in [4.69, 9.17) is 8.83 Å². The van der Waals surface area contributed by atoms with Gasteiger partial charge in [0.15, 0.2) is 0 Å². The lowest BCUT2D eigenvalue weighted by Gasteiger charge is -2.36. The average molecular weight is 425 g/mol. The second kappa shape index (κ2) is 8.31. The molecule has 0 radical (unpaired) electrons. The van der Waals surface area contributed by atoms with Crippen LogP contribution in [0.4, 0.5) is 5.69 Å². The van der Waals surface area contributed by atoms with Crippen molar-refractivity contribution in [3.05, 3.63) is 63.4 Å². The number of carbonyl (C=O) groups excluding carboxylic acids is 1. The number of rotatable bonds is 5. The number of furan rings is 1. The van der Waals surface area contributed by atoms with Gasteiger partial charge in [0.05, 0.1) is 16.5 Å². The first-order valence-corrected chi connectivity index (χ1v) is 10.0. The highest BCUT2D eigenvalue weighted by Crippen LogP contribution is 2.26. The van der Waals surface area contributed by atoms with E-state index >= 15 is 0 Å². The standard InChI is InChI=1S/C21H23N5O5/c1-13-12-18(15(3)30-13)21(27)25-10-8-24(9-11-25)14(2)19-22-23-20(31-19)16-4-6-17(7-5-16)26(28)29/h4-7,12,14H,8-11H2,1-3H3. The van der Waals surface area contributed by atoms with Crippen LogP contribution in [0.3, 0.4) is 0 Å². The van der Waals surface area contributed by atoms with Crippen LogP contribution in [0.15, 0.2) is 39.2 Å². The molecule has 3 heterocycles. The lowest BCUT2D eigenvalue weighted by Crippen LogP contribution is -2.49. The molecule has 0 aliphatic carbocycles. The van der Waals surface area contributed by atoms with Gasteiger partial charge in [0, 0.05) is 43.9 Å². The maximum absolute atomic E-state index is 12.8. The van der Waals surface area contributed by atoms with E-state index in [9.17, 15) is 14.9 Å². The highest BCUT2D eigenvalue weighted by molar-refractivity contribution is 5.95. The normalized spacial score (nSPS) is 15.8. The summed E-state index contributed by atoms with van der Waals surface area (Å²) >= 11 is 0. The molecule has 0 spiro atoms. The molecule has 1 unspecified atom stereocenters. The van der Waals surface area contributed by atoms with E-state index in [0.29, 0.717) is 54.8 Å². The molecule has 1 aliphatic heterocycles. The van der Waals surface area contributed by atoms with Crippen LogP contribution < -0.4 is 0 Å². The Morgan fingerprint density at radius 3 is 2.35 bits per heavy atom. The lowest BCUT2D eigenvalue weighted by molar-refractivity contribution is -0.384. The van der Waals surface area contributed by atoms with Gasteiger partial charge in [-0.25, -0.2) is 0 Å². The van der Waals surface area contributed by atoms with Crippen molar-refractivity contribution in [3.63, 3.8) is 0 Å². The van der Waals surface area contributed by atoms with Crippen molar-refractivity contribution in [2.24, 2.45) is 0 Å². The Bertz CT molecular complexity index is 1100. The third-order valence-corrected chi connectivity index (χ3v) is 5.54. The first-order valence-electron chi connectivity index (χ1n) is 10.0. The highest BCUT2D eigenvalue weighted by Gasteiger charge is 2.29. The van der Waals surface area contributed by atoms with Crippen molar-refractivity contribution in [2.75, 3.05) is 26.2 Å². The number of non-ortho nitro benzene ring substituents is 1. The lowest BCUT2D eigenvalue weighted by atomic mass is 10.1. The summed E-state index contributed by atoms with van der Waals surface area (Å²) in [6.45, 7) is 8.16. The molecular weight excluding hydrogens is 402 g/mol. The Kier molecular flexibility index (Phi) is 5.55. The summed E-state index contributed by atoms with van der Waals surface area (Å²) in [6.07, 6.45) is 0. The van der Waals surface area contributed by atoms with E-state index in [-0.39, 0.29) is 17.6 Å². The number of benzene rings is 1. The van der Waals surface area contributed by atoms with Crippen molar-refractivity contribution in [2.45, 2.75) is 26.8 Å². The van der Waals surface area contributed by atoms with Crippen LogP contribution in [-0.4, -0.2) is 57.0 Å². The van der Waals surface area contributed by atoms with E-state index in [1.807, 2.05) is 18.7 Å². The van der Waals surface area contributed by atoms with E-state index in [0.717, 1.165) is 5.76 Å². The van der Waals surface area contributed by atoms with Gasteiger partial charge in [-0.1, -0.05) is 0 Å². The fourth-order valence-corrected chi connectivity index (χ4v) is 3.73. The fraction of sp³-hybridized carbons (Fsp3) is 0.381. The molecule has 1 amide bonds. The zero-order valence-electron chi connectivity index (χ0n) is 17.6. The molecule has 10 nitrogen and oxygen atoms in total. The highest BCUT2D eigenvalue weighted by atomic mass is 16.6. The smallest absolute Gasteiger partial charge is 0.269 e. The number of amides is 1. The number of hydrogen-bond acceptors (Lipinski definition) is 8. The van der Waals surface area contributed by atoms with Gasteiger partial charge >= 0.3 is 0 Å². The maximum atomic E-state index is 12.8. The number of carbonyl (C=O) groups is 1. The van der Waals surface area contributed by atoms with Crippen molar-refractivity contribution >= 4 is 11.6 Å². The Morgan fingerprint density at radius 1 is 1.10 bits per heavy atom. The van der Waals surface area contributed by atoms with E-state index in [1.165, 1.54) is 12.1 Å². The number of nitro benzene ring substituents is 1. The van der Waals surface area contributed by atoms with Crippen LogP contribution in [0.5, 0.6) is 0 Å². The molecule has 1 aromatic carbocycles. The van der Waals surface area contributed by atoms with Crippen LogP contribution in [-0.2, 0) is 0 Å². The van der Waals surface area contributed by atoms with Crippen molar-refractivity contribution in [1.29, 1.82) is 0 Å². The van der Waals surface area contributed by atoms with Crippen molar-refractivity contribution in [1.82, 2.24) is 20.0 Å². The SMILES string of the molecule is Cc1cc(C(=O)N2CCN(C(C)c3nnc(-c4ccc([N+](=O)[O-])cc4)o3)CC2)c(C)o1. The minimum atomic E-state index is -0.454. The maximum Gasteiger partial charge on any atom is 0.269 e. The largest absolute Gasteiger partial charge is 0.466 e. The summed E-state index contributed by atoms with van der Waals surface area (Å²) in [6, 6.07) is 7.65. The summed E-state index contributed by atoms with van der Waals surface area (Å²) in [7, 11) is 0. The van der Waals surface area contributed by atoms with Gasteiger partial charge < -0.3 is 13.7 Å². The number of hydrogen-bond donors (Lipinski definition) is 0. The van der Waals surface area contributed by atoms with Crippen molar-refractivity contribution < 1.29 is 18.6 Å². The number of aryl methyl sites for hydroxylation is 2. The molecule has 1 saturated heterocycles. The molecule has 0 saturated carbocycles. The molecule has 0 bridgehead atoms. The molecule has 162 valence electrons. The molecule has 31 heavy (non-hydrogen) atoms. The summed E-state index contributed by atoms with van der Waals surface area (Å²) < 4.78 is 11.3. The van der Waals surface area contributed by atoms with Crippen LogP contribution in [0.1, 0.15) is 40.7 Å². The summed E-state index contributed by atoms with van der Waals surface area (Å²) in [5, 5.41) is 19.0. The summed E-state index contributed by atoms with van der Waals surface area (Å²) in [4.78, 5) is 27.1. The third kappa shape index (κ3) is 4.19. The van der Waals surface area contributed by atoms with Gasteiger partial charge in [0.25, 0.3) is 11.6 Å². The molecule has 1 aliphatic rings. The molecule has 1 atom stereocenters. The number of piperazine rings is 1. The van der Waals surface area contributed by atoms with Gasteiger partial charge in [0.2, 0.25) is 11.8 Å². The quantitative estimate of drug-likeness (QED) is 0.451. The number of nitro groups is 1. The molecule has 0 N–H and O–H groups in total.